The summed E-state index contributed by atoms with van der Waals surface area (Å²) in [6.45, 7) is 1.54. The van der Waals surface area contributed by atoms with Gasteiger partial charge in [-0.2, -0.15) is 4.98 Å². The first-order chi connectivity index (χ1) is 16.1. The minimum absolute atomic E-state index is 0.151. The number of rotatable bonds is 4. The first-order valence-electron chi connectivity index (χ1n) is 10.6. The van der Waals surface area contributed by atoms with Crippen LogP contribution in [0.3, 0.4) is 0 Å². The van der Waals surface area contributed by atoms with Gasteiger partial charge in [-0.3, -0.25) is 9.48 Å². The molecule has 2 aromatic carbocycles. The molecular formula is C24H19FN4O4. The highest BCUT2D eigenvalue weighted by Gasteiger charge is 2.46. The van der Waals surface area contributed by atoms with E-state index in [1.165, 1.54) is 12.1 Å². The van der Waals surface area contributed by atoms with Crippen molar-refractivity contribution in [3.8, 4) is 34.3 Å². The zero-order valence-electron chi connectivity index (χ0n) is 17.5. The molecule has 0 aliphatic carbocycles. The number of benzene rings is 2. The van der Waals surface area contributed by atoms with E-state index in [0.717, 1.165) is 0 Å². The van der Waals surface area contributed by atoms with Crippen LogP contribution >= 0.6 is 0 Å². The van der Waals surface area contributed by atoms with Crippen molar-refractivity contribution >= 4 is 0 Å². The molecule has 1 saturated heterocycles. The lowest BCUT2D eigenvalue weighted by Crippen LogP contribution is -2.34. The van der Waals surface area contributed by atoms with Gasteiger partial charge in [0.25, 0.3) is 5.56 Å². The van der Waals surface area contributed by atoms with E-state index < -0.39 is 5.79 Å². The minimum atomic E-state index is -0.869. The number of para-hydroxylation sites is 1. The summed E-state index contributed by atoms with van der Waals surface area (Å²) in [4.78, 5) is 22.3. The molecule has 0 bridgehead atoms. The third-order valence-electron chi connectivity index (χ3n) is 5.79. The van der Waals surface area contributed by atoms with Crippen LogP contribution in [0.1, 0.15) is 0 Å². The van der Waals surface area contributed by atoms with E-state index in [9.17, 15) is 9.18 Å². The molecule has 0 amide bonds. The van der Waals surface area contributed by atoms with Gasteiger partial charge in [0.1, 0.15) is 11.6 Å². The average Bonchev–Trinajstić information content (AvgIpc) is 3.51. The maximum atomic E-state index is 13.6. The SMILES string of the molecule is O=c1c(-c2ccc(F)cc2)c(-c2ccnc(Oc3ccccc3)n2)n2n1CC1(C2)OCCO1. The van der Waals surface area contributed by atoms with Gasteiger partial charge in [-0.25, -0.2) is 14.1 Å². The Labute approximate surface area is 187 Å². The van der Waals surface area contributed by atoms with Crippen molar-refractivity contribution in [1.29, 1.82) is 0 Å². The van der Waals surface area contributed by atoms with Gasteiger partial charge < -0.3 is 14.2 Å². The summed E-state index contributed by atoms with van der Waals surface area (Å²) in [5, 5.41) is 0. The molecule has 0 N–H and O–H groups in total. The summed E-state index contributed by atoms with van der Waals surface area (Å²) in [6.07, 6.45) is 1.58. The standard InChI is InChI=1S/C24H19FN4O4/c25-17-8-6-16(7-9-17)20-21(28-14-24(31-12-13-32-24)15-29(28)22(20)30)19-10-11-26-23(27-19)33-18-4-2-1-3-5-18/h1-11H,12-15H2. The highest BCUT2D eigenvalue weighted by atomic mass is 19.1. The summed E-state index contributed by atoms with van der Waals surface area (Å²) in [5.41, 5.74) is 1.87. The molecule has 9 heteroatoms. The number of aromatic nitrogens is 4. The second kappa shape index (κ2) is 7.65. The Bertz CT molecular complexity index is 1380. The van der Waals surface area contributed by atoms with Crippen molar-refractivity contribution in [2.75, 3.05) is 13.2 Å². The zero-order valence-corrected chi connectivity index (χ0v) is 17.5. The molecule has 2 aromatic heterocycles. The summed E-state index contributed by atoms with van der Waals surface area (Å²) in [7, 11) is 0. The van der Waals surface area contributed by atoms with Gasteiger partial charge in [-0.05, 0) is 35.9 Å². The molecule has 8 nitrogen and oxygen atoms in total. The van der Waals surface area contributed by atoms with E-state index >= 15 is 0 Å². The Balaban J connectivity index is 1.50. The maximum Gasteiger partial charge on any atom is 0.322 e. The van der Waals surface area contributed by atoms with Gasteiger partial charge in [0.05, 0.1) is 43.3 Å². The highest BCUT2D eigenvalue weighted by molar-refractivity contribution is 5.79. The van der Waals surface area contributed by atoms with Gasteiger partial charge in [0.2, 0.25) is 5.79 Å². The fourth-order valence-corrected chi connectivity index (χ4v) is 4.35. The first-order valence-corrected chi connectivity index (χ1v) is 10.6. The number of halogens is 1. The largest absolute Gasteiger partial charge is 0.424 e. The van der Waals surface area contributed by atoms with Gasteiger partial charge in [0, 0.05) is 6.20 Å². The van der Waals surface area contributed by atoms with Gasteiger partial charge in [-0.1, -0.05) is 30.3 Å². The molecule has 0 radical (unpaired) electrons. The second-order valence-corrected chi connectivity index (χ2v) is 7.90. The molecule has 2 aliphatic rings. The number of hydrogen-bond donors (Lipinski definition) is 0. The van der Waals surface area contributed by atoms with Gasteiger partial charge in [0.15, 0.2) is 0 Å². The Morgan fingerprint density at radius 1 is 0.939 bits per heavy atom. The Morgan fingerprint density at radius 2 is 1.67 bits per heavy atom. The molecule has 4 heterocycles. The minimum Gasteiger partial charge on any atom is -0.424 e. The topological polar surface area (TPSA) is 80.4 Å². The van der Waals surface area contributed by atoms with Crippen molar-refractivity contribution in [3.05, 3.63) is 83.0 Å². The summed E-state index contributed by atoms with van der Waals surface area (Å²) >= 11 is 0. The van der Waals surface area contributed by atoms with Crippen LogP contribution in [0.4, 0.5) is 4.39 Å². The number of nitrogens with zero attached hydrogens (tertiary/aromatic N) is 4. The molecule has 166 valence electrons. The molecule has 1 spiro atoms. The Hall–Kier alpha value is -3.82. The molecule has 6 rings (SSSR count). The Kier molecular flexibility index (Phi) is 4.60. The monoisotopic (exact) mass is 446 g/mol. The zero-order chi connectivity index (χ0) is 22.4. The maximum absolute atomic E-state index is 13.6. The van der Waals surface area contributed by atoms with E-state index in [4.69, 9.17) is 14.2 Å². The smallest absolute Gasteiger partial charge is 0.322 e. The number of fused-ring (bicyclic) bond motifs is 1. The lowest BCUT2D eigenvalue weighted by Gasteiger charge is -2.19. The first kappa shape index (κ1) is 19.8. The highest BCUT2D eigenvalue weighted by Crippen LogP contribution is 2.37. The van der Waals surface area contributed by atoms with Crippen LogP contribution in [0.5, 0.6) is 11.8 Å². The summed E-state index contributed by atoms with van der Waals surface area (Å²) < 4.78 is 34.5. The lowest BCUT2D eigenvalue weighted by atomic mass is 10.0. The average molecular weight is 446 g/mol. The van der Waals surface area contributed by atoms with Crippen LogP contribution in [0.15, 0.2) is 71.7 Å². The number of hydrogen-bond acceptors (Lipinski definition) is 6. The van der Waals surface area contributed by atoms with E-state index in [1.54, 1.807) is 41.2 Å². The molecule has 0 saturated carbocycles. The Morgan fingerprint density at radius 3 is 2.42 bits per heavy atom. The van der Waals surface area contributed by atoms with Crippen LogP contribution in [-0.2, 0) is 22.6 Å². The van der Waals surface area contributed by atoms with Crippen LogP contribution in [-0.4, -0.2) is 38.3 Å². The molecule has 2 aliphatic heterocycles. The van der Waals surface area contributed by atoms with E-state index in [0.29, 0.717) is 48.0 Å². The van der Waals surface area contributed by atoms with E-state index in [-0.39, 0.29) is 23.9 Å². The van der Waals surface area contributed by atoms with Crippen molar-refractivity contribution in [1.82, 2.24) is 19.3 Å². The molecule has 0 atom stereocenters. The van der Waals surface area contributed by atoms with Gasteiger partial charge in [-0.15, -0.1) is 0 Å². The molecule has 1 fully saturated rings. The third kappa shape index (κ3) is 3.42. The van der Waals surface area contributed by atoms with Crippen LogP contribution in [0, 0.1) is 5.82 Å². The van der Waals surface area contributed by atoms with Crippen LogP contribution < -0.4 is 10.3 Å². The quantitative estimate of drug-likeness (QED) is 0.478. The normalized spacial score (nSPS) is 16.3. The van der Waals surface area contributed by atoms with Crippen molar-refractivity contribution in [2.24, 2.45) is 0 Å². The second-order valence-electron chi connectivity index (χ2n) is 7.90. The fraction of sp³-hybridized carbons (Fsp3) is 0.208. The van der Waals surface area contributed by atoms with Crippen molar-refractivity contribution in [2.45, 2.75) is 18.9 Å². The molecule has 4 aromatic rings. The van der Waals surface area contributed by atoms with Crippen molar-refractivity contribution < 1.29 is 18.6 Å². The molecule has 33 heavy (non-hydrogen) atoms. The molecule has 0 unspecified atom stereocenters. The van der Waals surface area contributed by atoms with Crippen LogP contribution in [0.25, 0.3) is 22.5 Å². The lowest BCUT2D eigenvalue weighted by molar-refractivity contribution is -0.158. The summed E-state index contributed by atoms with van der Waals surface area (Å²) in [6, 6.07) is 16.9. The number of ether oxygens (including phenoxy) is 3. The van der Waals surface area contributed by atoms with E-state index in [2.05, 4.69) is 9.97 Å². The molecular weight excluding hydrogens is 427 g/mol. The predicted molar refractivity (Wildman–Crippen MR) is 116 cm³/mol. The van der Waals surface area contributed by atoms with Crippen molar-refractivity contribution in [3.63, 3.8) is 0 Å². The predicted octanol–water partition coefficient (Wildman–Crippen LogP) is 3.46. The summed E-state index contributed by atoms with van der Waals surface area (Å²) in [5.74, 6) is -0.648. The van der Waals surface area contributed by atoms with Gasteiger partial charge >= 0.3 is 6.01 Å². The van der Waals surface area contributed by atoms with E-state index in [1.807, 2.05) is 22.9 Å². The van der Waals surface area contributed by atoms with Crippen LogP contribution in [0.2, 0.25) is 0 Å². The third-order valence-corrected chi connectivity index (χ3v) is 5.79. The fourth-order valence-electron chi connectivity index (χ4n) is 4.35.